The maximum absolute atomic E-state index is 10.8. The number of rotatable bonds is 4. The topological polar surface area (TPSA) is 40.5 Å². The molecule has 0 saturated heterocycles. The van der Waals surface area contributed by atoms with E-state index in [9.17, 15) is 4.79 Å². The Morgan fingerprint density at radius 3 is 2.54 bits per heavy atom. The van der Waals surface area contributed by atoms with Crippen molar-refractivity contribution in [2.75, 3.05) is 7.05 Å². The average Bonchev–Trinajstić information content (AvgIpc) is 1.99. The van der Waals surface area contributed by atoms with E-state index >= 15 is 0 Å². The normalized spacial score (nSPS) is 29.8. The number of aliphatic carboxylic acids is 1. The highest BCUT2D eigenvalue weighted by atomic mass is 16.4. The van der Waals surface area contributed by atoms with Gasteiger partial charge in [-0.25, -0.2) is 0 Å². The summed E-state index contributed by atoms with van der Waals surface area (Å²) in [5, 5.41) is 8.88. The summed E-state index contributed by atoms with van der Waals surface area (Å²) in [5.74, 6) is -0.759. The molecule has 0 spiro atoms. The second kappa shape index (κ2) is 4.09. The number of hydrogen-bond acceptors (Lipinski definition) is 2. The molecule has 76 valence electrons. The molecule has 1 rings (SSSR count). The van der Waals surface area contributed by atoms with Crippen molar-refractivity contribution in [3.8, 4) is 0 Å². The minimum Gasteiger partial charge on any atom is -0.481 e. The smallest absolute Gasteiger partial charge is 0.308 e. The van der Waals surface area contributed by atoms with Gasteiger partial charge in [0.15, 0.2) is 0 Å². The number of carbonyl (C=O) groups is 1. The van der Waals surface area contributed by atoms with Crippen LogP contribution >= 0.6 is 0 Å². The first-order chi connectivity index (χ1) is 6.07. The fraction of sp³-hybridized carbons (Fsp3) is 0.900. The zero-order valence-corrected chi connectivity index (χ0v) is 8.66. The highest BCUT2D eigenvalue weighted by Crippen LogP contribution is 2.32. The lowest BCUT2D eigenvalue weighted by atomic mass is 9.78. The van der Waals surface area contributed by atoms with Crippen molar-refractivity contribution in [2.24, 2.45) is 5.92 Å². The maximum atomic E-state index is 10.8. The van der Waals surface area contributed by atoms with Gasteiger partial charge in [-0.05, 0) is 33.2 Å². The van der Waals surface area contributed by atoms with E-state index in [1.165, 1.54) is 0 Å². The summed E-state index contributed by atoms with van der Waals surface area (Å²) in [6, 6.07) is 0.764. The van der Waals surface area contributed by atoms with Crippen LogP contribution in [0.1, 0.15) is 33.1 Å². The molecular weight excluding hydrogens is 166 g/mol. The van der Waals surface area contributed by atoms with E-state index in [0.29, 0.717) is 6.04 Å². The molecule has 1 aliphatic rings. The van der Waals surface area contributed by atoms with Crippen LogP contribution in [0.4, 0.5) is 0 Å². The molecule has 0 amide bonds. The second-order valence-corrected chi connectivity index (χ2v) is 4.01. The Morgan fingerprint density at radius 2 is 2.23 bits per heavy atom. The largest absolute Gasteiger partial charge is 0.481 e. The van der Waals surface area contributed by atoms with Gasteiger partial charge in [0.2, 0.25) is 0 Å². The zero-order chi connectivity index (χ0) is 10.0. The van der Waals surface area contributed by atoms with E-state index in [4.69, 9.17) is 5.11 Å². The molecule has 0 aliphatic heterocycles. The van der Waals surface area contributed by atoms with Crippen LogP contribution < -0.4 is 0 Å². The van der Waals surface area contributed by atoms with E-state index in [1.807, 2.05) is 7.05 Å². The standard InChI is InChI=1S/C10H19NO2/c1-4-7(2)11(3)9-6-5-8(9)10(12)13/h7-9H,4-6H2,1-3H3,(H,12,13). The molecule has 3 nitrogen and oxygen atoms in total. The fourth-order valence-corrected chi connectivity index (χ4v) is 1.87. The molecule has 0 heterocycles. The molecule has 0 radical (unpaired) electrons. The first kappa shape index (κ1) is 10.5. The van der Waals surface area contributed by atoms with Crippen molar-refractivity contribution in [2.45, 2.75) is 45.2 Å². The Bertz CT molecular complexity index is 193. The van der Waals surface area contributed by atoms with Crippen LogP contribution in [-0.2, 0) is 4.79 Å². The summed E-state index contributed by atoms with van der Waals surface area (Å²) >= 11 is 0. The lowest BCUT2D eigenvalue weighted by Crippen LogP contribution is -2.51. The highest BCUT2D eigenvalue weighted by Gasteiger charge is 2.39. The molecule has 3 unspecified atom stereocenters. The van der Waals surface area contributed by atoms with Gasteiger partial charge in [0.25, 0.3) is 0 Å². The van der Waals surface area contributed by atoms with E-state index < -0.39 is 5.97 Å². The van der Waals surface area contributed by atoms with Gasteiger partial charge in [0, 0.05) is 12.1 Å². The number of carboxylic acid groups (broad SMARTS) is 1. The van der Waals surface area contributed by atoms with Crippen molar-refractivity contribution in [1.82, 2.24) is 4.90 Å². The number of nitrogens with zero attached hydrogens (tertiary/aromatic N) is 1. The van der Waals surface area contributed by atoms with Crippen LogP contribution in [0.2, 0.25) is 0 Å². The minimum atomic E-state index is -0.633. The van der Waals surface area contributed by atoms with Crippen molar-refractivity contribution in [1.29, 1.82) is 0 Å². The van der Waals surface area contributed by atoms with Crippen LogP contribution in [-0.4, -0.2) is 35.1 Å². The third-order valence-corrected chi connectivity index (χ3v) is 3.36. The molecule has 0 aromatic heterocycles. The first-order valence-corrected chi connectivity index (χ1v) is 5.02. The highest BCUT2D eigenvalue weighted by molar-refractivity contribution is 5.72. The van der Waals surface area contributed by atoms with Crippen LogP contribution in [0.3, 0.4) is 0 Å². The second-order valence-electron chi connectivity index (χ2n) is 4.01. The Morgan fingerprint density at radius 1 is 1.62 bits per heavy atom. The van der Waals surface area contributed by atoms with Gasteiger partial charge in [-0.1, -0.05) is 6.92 Å². The predicted molar refractivity (Wildman–Crippen MR) is 51.7 cm³/mol. The van der Waals surface area contributed by atoms with Crippen LogP contribution in [0, 0.1) is 5.92 Å². The van der Waals surface area contributed by atoms with Gasteiger partial charge in [-0.3, -0.25) is 9.69 Å². The summed E-state index contributed by atoms with van der Waals surface area (Å²) in [6.45, 7) is 4.28. The predicted octanol–water partition coefficient (Wildman–Crippen LogP) is 1.58. The summed E-state index contributed by atoms with van der Waals surface area (Å²) in [7, 11) is 2.04. The molecule has 0 bridgehead atoms. The Kier molecular flexibility index (Phi) is 3.31. The molecule has 0 aromatic carbocycles. The van der Waals surface area contributed by atoms with Crippen molar-refractivity contribution >= 4 is 5.97 Å². The number of carboxylic acids is 1. The molecule has 1 aliphatic carbocycles. The molecule has 1 saturated carbocycles. The van der Waals surface area contributed by atoms with Gasteiger partial charge in [0.1, 0.15) is 0 Å². The third-order valence-electron chi connectivity index (χ3n) is 3.36. The van der Waals surface area contributed by atoms with Crippen LogP contribution in [0.25, 0.3) is 0 Å². The summed E-state index contributed by atoms with van der Waals surface area (Å²) in [4.78, 5) is 13.0. The van der Waals surface area contributed by atoms with Gasteiger partial charge in [-0.2, -0.15) is 0 Å². The summed E-state index contributed by atoms with van der Waals surface area (Å²) < 4.78 is 0. The molecule has 13 heavy (non-hydrogen) atoms. The summed E-state index contributed by atoms with van der Waals surface area (Å²) in [5.41, 5.74) is 0. The fourth-order valence-electron chi connectivity index (χ4n) is 1.87. The maximum Gasteiger partial charge on any atom is 0.308 e. The first-order valence-electron chi connectivity index (χ1n) is 5.02. The minimum absolute atomic E-state index is 0.126. The SMILES string of the molecule is CCC(C)N(C)C1CCC1C(=O)O. The average molecular weight is 185 g/mol. The van der Waals surface area contributed by atoms with E-state index in [2.05, 4.69) is 18.7 Å². The number of hydrogen-bond donors (Lipinski definition) is 1. The van der Waals surface area contributed by atoms with Crippen LogP contribution in [0.15, 0.2) is 0 Å². The summed E-state index contributed by atoms with van der Waals surface area (Å²) in [6.07, 6.45) is 2.97. The Labute approximate surface area is 79.7 Å². The lowest BCUT2D eigenvalue weighted by molar-refractivity contribution is -0.149. The van der Waals surface area contributed by atoms with Crippen LogP contribution in [0.5, 0.6) is 0 Å². The van der Waals surface area contributed by atoms with Crippen molar-refractivity contribution < 1.29 is 9.90 Å². The Balaban J connectivity index is 2.48. The van der Waals surface area contributed by atoms with E-state index in [0.717, 1.165) is 19.3 Å². The third kappa shape index (κ3) is 2.02. The van der Waals surface area contributed by atoms with Gasteiger partial charge in [-0.15, -0.1) is 0 Å². The molecular formula is C10H19NO2. The van der Waals surface area contributed by atoms with E-state index in [-0.39, 0.29) is 12.0 Å². The molecule has 3 heteroatoms. The monoisotopic (exact) mass is 185 g/mol. The van der Waals surface area contributed by atoms with Crippen molar-refractivity contribution in [3.63, 3.8) is 0 Å². The van der Waals surface area contributed by atoms with Gasteiger partial charge in [0.05, 0.1) is 5.92 Å². The van der Waals surface area contributed by atoms with E-state index in [1.54, 1.807) is 0 Å². The molecule has 1 N–H and O–H groups in total. The van der Waals surface area contributed by atoms with Gasteiger partial charge < -0.3 is 5.11 Å². The molecule has 3 atom stereocenters. The zero-order valence-electron chi connectivity index (χ0n) is 8.66. The van der Waals surface area contributed by atoms with Gasteiger partial charge >= 0.3 is 5.97 Å². The molecule has 0 aromatic rings. The van der Waals surface area contributed by atoms with Crippen molar-refractivity contribution in [3.05, 3.63) is 0 Å². The lowest BCUT2D eigenvalue weighted by Gasteiger charge is -2.43. The molecule has 1 fully saturated rings. The Hall–Kier alpha value is -0.570. The quantitative estimate of drug-likeness (QED) is 0.723.